The first-order valence-electron chi connectivity index (χ1n) is 9.74. The van der Waals surface area contributed by atoms with Crippen LogP contribution in [0.15, 0.2) is 63.8 Å². The summed E-state index contributed by atoms with van der Waals surface area (Å²) in [4.78, 5) is 4.85. The van der Waals surface area contributed by atoms with Crippen molar-refractivity contribution >= 4 is 48.5 Å². The SMILES string of the molecule is COc1ccc(Nc2nc3c(S(=O)(=O)c4cc(C)ccc4C)nnn3c3ccsc23)cc1. The molecule has 3 heterocycles. The molecular weight excluding hydrogens is 446 g/mol. The first-order valence-corrected chi connectivity index (χ1v) is 12.1. The fourth-order valence-electron chi connectivity index (χ4n) is 3.49. The number of nitrogens with zero attached hydrogens (tertiary/aromatic N) is 4. The molecule has 0 saturated heterocycles. The Morgan fingerprint density at radius 3 is 2.59 bits per heavy atom. The van der Waals surface area contributed by atoms with Crippen LogP contribution in [-0.2, 0) is 9.84 Å². The van der Waals surface area contributed by atoms with Crippen molar-refractivity contribution in [1.82, 2.24) is 19.8 Å². The van der Waals surface area contributed by atoms with Gasteiger partial charge in [-0.2, -0.15) is 4.52 Å². The van der Waals surface area contributed by atoms with E-state index in [1.54, 1.807) is 26.2 Å². The smallest absolute Gasteiger partial charge is 0.229 e. The normalized spacial score (nSPS) is 11.8. The topological polar surface area (TPSA) is 98.5 Å². The van der Waals surface area contributed by atoms with Gasteiger partial charge in [-0.15, -0.1) is 16.4 Å². The lowest BCUT2D eigenvalue weighted by molar-refractivity contribution is 0.415. The minimum atomic E-state index is -3.92. The molecule has 0 atom stereocenters. The molecule has 3 aromatic heterocycles. The highest BCUT2D eigenvalue weighted by molar-refractivity contribution is 7.91. The van der Waals surface area contributed by atoms with E-state index in [1.807, 2.05) is 48.7 Å². The summed E-state index contributed by atoms with van der Waals surface area (Å²) in [5.74, 6) is 1.27. The number of nitrogens with one attached hydrogen (secondary N) is 1. The third-order valence-corrected chi connectivity index (χ3v) is 7.87. The molecule has 0 unspecified atom stereocenters. The van der Waals surface area contributed by atoms with Gasteiger partial charge >= 0.3 is 0 Å². The van der Waals surface area contributed by atoms with Crippen molar-refractivity contribution in [3.63, 3.8) is 0 Å². The van der Waals surface area contributed by atoms with E-state index in [2.05, 4.69) is 20.6 Å². The van der Waals surface area contributed by atoms with Crippen LogP contribution in [0.5, 0.6) is 5.75 Å². The van der Waals surface area contributed by atoms with Gasteiger partial charge < -0.3 is 10.1 Å². The van der Waals surface area contributed by atoms with E-state index >= 15 is 0 Å². The van der Waals surface area contributed by atoms with Crippen molar-refractivity contribution in [1.29, 1.82) is 0 Å². The van der Waals surface area contributed by atoms with E-state index in [4.69, 9.17) is 4.74 Å². The van der Waals surface area contributed by atoms with Gasteiger partial charge in [-0.05, 0) is 66.8 Å². The van der Waals surface area contributed by atoms with E-state index in [0.29, 0.717) is 11.4 Å². The van der Waals surface area contributed by atoms with Crippen molar-refractivity contribution in [2.75, 3.05) is 12.4 Å². The number of aromatic nitrogens is 4. The Morgan fingerprint density at radius 2 is 1.84 bits per heavy atom. The second-order valence-corrected chi connectivity index (χ2v) is 10.1. The van der Waals surface area contributed by atoms with Crippen LogP contribution in [0.25, 0.3) is 15.9 Å². The minimum absolute atomic E-state index is 0.169. The Labute approximate surface area is 188 Å². The Morgan fingerprint density at radius 1 is 1.06 bits per heavy atom. The Balaban J connectivity index is 1.69. The molecular formula is C22H19N5O3S2. The first-order chi connectivity index (χ1) is 15.4. The zero-order valence-electron chi connectivity index (χ0n) is 17.5. The number of hydrogen-bond acceptors (Lipinski definition) is 8. The second kappa shape index (κ2) is 7.57. The molecule has 5 aromatic rings. The second-order valence-electron chi connectivity index (χ2n) is 7.35. The largest absolute Gasteiger partial charge is 0.497 e. The van der Waals surface area contributed by atoms with Crippen molar-refractivity contribution < 1.29 is 13.2 Å². The highest BCUT2D eigenvalue weighted by Crippen LogP contribution is 2.33. The highest BCUT2D eigenvalue weighted by atomic mass is 32.2. The van der Waals surface area contributed by atoms with Crippen LogP contribution in [-0.4, -0.2) is 35.3 Å². The summed E-state index contributed by atoms with van der Waals surface area (Å²) in [5.41, 5.74) is 3.19. The zero-order chi connectivity index (χ0) is 22.5. The highest BCUT2D eigenvalue weighted by Gasteiger charge is 2.28. The Bertz CT molecular complexity index is 1570. The molecule has 0 aliphatic heterocycles. The monoisotopic (exact) mass is 465 g/mol. The van der Waals surface area contributed by atoms with E-state index in [1.165, 1.54) is 15.9 Å². The maximum atomic E-state index is 13.5. The van der Waals surface area contributed by atoms with Crippen LogP contribution < -0.4 is 10.1 Å². The molecule has 5 rings (SSSR count). The van der Waals surface area contributed by atoms with Crippen LogP contribution >= 0.6 is 11.3 Å². The lowest BCUT2D eigenvalue weighted by Gasteiger charge is -2.10. The fraction of sp³-hybridized carbons (Fsp3) is 0.136. The van der Waals surface area contributed by atoms with Gasteiger partial charge in [-0.3, -0.25) is 0 Å². The maximum Gasteiger partial charge on any atom is 0.229 e. The molecule has 8 nitrogen and oxygen atoms in total. The molecule has 1 N–H and O–H groups in total. The van der Waals surface area contributed by atoms with E-state index < -0.39 is 9.84 Å². The number of hydrogen-bond donors (Lipinski definition) is 1. The number of ether oxygens (including phenoxy) is 1. The lowest BCUT2D eigenvalue weighted by Crippen LogP contribution is -2.07. The number of methoxy groups -OCH3 is 1. The number of aryl methyl sites for hydroxylation is 2. The summed E-state index contributed by atoms with van der Waals surface area (Å²) in [6, 6.07) is 14.6. The summed E-state index contributed by atoms with van der Waals surface area (Å²) in [6.07, 6.45) is 0. The number of sulfone groups is 1. The van der Waals surface area contributed by atoms with Crippen molar-refractivity contribution in [2.45, 2.75) is 23.8 Å². The van der Waals surface area contributed by atoms with Crippen molar-refractivity contribution in [2.24, 2.45) is 0 Å². The molecule has 2 aromatic carbocycles. The van der Waals surface area contributed by atoms with E-state index in [0.717, 1.165) is 27.2 Å². The van der Waals surface area contributed by atoms with Gasteiger partial charge in [0.2, 0.25) is 14.9 Å². The summed E-state index contributed by atoms with van der Waals surface area (Å²) in [6.45, 7) is 3.62. The lowest BCUT2D eigenvalue weighted by atomic mass is 10.2. The zero-order valence-corrected chi connectivity index (χ0v) is 19.2. The number of anilines is 2. The molecule has 0 aliphatic carbocycles. The summed E-state index contributed by atoms with van der Waals surface area (Å²) < 4.78 is 34.5. The quantitative estimate of drug-likeness (QED) is 0.407. The molecule has 0 fully saturated rings. The van der Waals surface area contributed by atoms with Gasteiger partial charge in [0.25, 0.3) is 0 Å². The van der Waals surface area contributed by atoms with E-state index in [-0.39, 0.29) is 15.6 Å². The Hall–Kier alpha value is -3.50. The molecule has 32 heavy (non-hydrogen) atoms. The van der Waals surface area contributed by atoms with Gasteiger partial charge in [-0.1, -0.05) is 17.3 Å². The van der Waals surface area contributed by atoms with Crippen LogP contribution in [0.2, 0.25) is 0 Å². The number of fused-ring (bicyclic) bond motifs is 3. The van der Waals surface area contributed by atoms with Crippen molar-refractivity contribution in [3.05, 3.63) is 65.0 Å². The third kappa shape index (κ3) is 3.28. The predicted molar refractivity (Wildman–Crippen MR) is 124 cm³/mol. The van der Waals surface area contributed by atoms with Crippen LogP contribution in [0.1, 0.15) is 11.1 Å². The van der Waals surface area contributed by atoms with Gasteiger partial charge in [0, 0.05) is 5.69 Å². The average Bonchev–Trinajstić information content (AvgIpc) is 3.43. The van der Waals surface area contributed by atoms with Gasteiger partial charge in [0.15, 0.2) is 11.5 Å². The third-order valence-electron chi connectivity index (χ3n) is 5.16. The minimum Gasteiger partial charge on any atom is -0.497 e. The van der Waals surface area contributed by atoms with Gasteiger partial charge in [-0.25, -0.2) is 13.4 Å². The molecule has 10 heteroatoms. The summed E-state index contributed by atoms with van der Waals surface area (Å²) in [5, 5.41) is 13.2. The fourth-order valence-corrected chi connectivity index (χ4v) is 5.87. The predicted octanol–water partition coefficient (Wildman–Crippen LogP) is 4.54. The molecule has 162 valence electrons. The molecule has 0 saturated carbocycles. The number of thiophene rings is 1. The van der Waals surface area contributed by atoms with Crippen LogP contribution in [0, 0.1) is 13.8 Å². The molecule has 0 aliphatic rings. The van der Waals surface area contributed by atoms with Crippen molar-refractivity contribution in [3.8, 4) is 5.75 Å². The molecule has 0 bridgehead atoms. The first kappa shape index (κ1) is 20.4. The molecule has 0 spiro atoms. The van der Waals surface area contributed by atoms with E-state index in [9.17, 15) is 8.42 Å². The van der Waals surface area contributed by atoms with Gasteiger partial charge in [0.1, 0.15) is 5.75 Å². The standard InChI is InChI=1S/C22H19N5O3S2/c1-13-4-5-14(2)18(12-13)32(28,29)22-21-24-20(23-15-6-8-16(30-3)9-7-15)19-17(10-11-31-19)27(21)26-25-22/h4-12H,1-3H3,(H,23,24). The average molecular weight is 466 g/mol. The maximum absolute atomic E-state index is 13.5. The summed E-state index contributed by atoms with van der Waals surface area (Å²) in [7, 11) is -2.31. The van der Waals surface area contributed by atoms with Crippen LogP contribution in [0.4, 0.5) is 11.5 Å². The van der Waals surface area contributed by atoms with Crippen LogP contribution in [0.3, 0.4) is 0 Å². The molecule has 0 radical (unpaired) electrons. The summed E-state index contributed by atoms with van der Waals surface area (Å²) >= 11 is 1.49. The number of rotatable bonds is 5. The number of benzene rings is 2. The molecule has 0 amide bonds. The van der Waals surface area contributed by atoms with Gasteiger partial charge in [0.05, 0.1) is 22.2 Å². The Kier molecular flexibility index (Phi) is 4.83.